The van der Waals surface area contributed by atoms with E-state index in [4.69, 9.17) is 16.3 Å². The Hall–Kier alpha value is -3.07. The fraction of sp³-hybridized carbons (Fsp3) is 0.115. The molecule has 6 nitrogen and oxygen atoms in total. The maximum Gasteiger partial charge on any atom is 0.335 e. The van der Waals surface area contributed by atoms with Crippen molar-refractivity contribution in [1.29, 1.82) is 0 Å². The monoisotopic (exact) mass is 570 g/mol. The molecule has 3 aromatic rings. The van der Waals surface area contributed by atoms with Crippen LogP contribution in [0.1, 0.15) is 28.4 Å². The molecule has 0 aromatic heterocycles. The zero-order chi connectivity index (χ0) is 24.9. The van der Waals surface area contributed by atoms with Gasteiger partial charge in [-0.1, -0.05) is 51.8 Å². The molecule has 1 amide bonds. The van der Waals surface area contributed by atoms with E-state index in [0.717, 1.165) is 15.6 Å². The average molecular weight is 572 g/mol. The molecule has 0 radical (unpaired) electrons. The van der Waals surface area contributed by atoms with Crippen LogP contribution in [0.3, 0.4) is 0 Å². The minimum absolute atomic E-state index is 0.134. The third-order valence-corrected chi connectivity index (χ3v) is 6.99. The molecule has 9 heteroatoms. The normalized spacial score (nSPS) is 15.7. The predicted molar refractivity (Wildman–Crippen MR) is 143 cm³/mol. The molecule has 0 aliphatic carbocycles. The van der Waals surface area contributed by atoms with Crippen LogP contribution in [-0.4, -0.2) is 33.6 Å². The number of hydrogen-bond donors (Lipinski definition) is 1. The fourth-order valence-corrected chi connectivity index (χ4v) is 4.99. The van der Waals surface area contributed by atoms with E-state index in [-0.39, 0.29) is 18.1 Å². The lowest BCUT2D eigenvalue weighted by atomic mass is 10.1. The number of amides is 1. The summed E-state index contributed by atoms with van der Waals surface area (Å²) in [5.41, 5.74) is 2.19. The van der Waals surface area contributed by atoms with Crippen LogP contribution in [0.15, 0.2) is 81.1 Å². The largest absolute Gasteiger partial charge is 0.488 e. The molecule has 1 N–H and O–H groups in total. The second kappa shape index (κ2) is 11.1. The highest BCUT2D eigenvalue weighted by molar-refractivity contribution is 9.10. The van der Waals surface area contributed by atoms with Crippen LogP contribution >= 0.6 is 39.3 Å². The summed E-state index contributed by atoms with van der Waals surface area (Å²) in [6.45, 7) is 2.57. The molecule has 1 aliphatic heterocycles. The lowest BCUT2D eigenvalue weighted by molar-refractivity contribution is -0.122. The zero-order valence-corrected chi connectivity index (χ0v) is 21.7. The molecule has 0 atom stereocenters. The Kier molecular flexibility index (Phi) is 7.95. The topological polar surface area (TPSA) is 79.2 Å². The molecular formula is C26H20BrClN2O4S. The molecule has 1 fully saturated rings. The van der Waals surface area contributed by atoms with Gasteiger partial charge in [0.05, 0.1) is 16.2 Å². The number of ether oxygens (including phenoxy) is 1. The van der Waals surface area contributed by atoms with Crippen LogP contribution in [0.2, 0.25) is 5.02 Å². The second-order valence-corrected chi connectivity index (χ2v) is 9.80. The predicted octanol–water partition coefficient (Wildman–Crippen LogP) is 7.00. The number of likely N-dealkylation sites (N-methyl/N-ethyl adjacent to an activating group) is 1. The van der Waals surface area contributed by atoms with Crippen molar-refractivity contribution in [3.63, 3.8) is 0 Å². The van der Waals surface area contributed by atoms with Crippen molar-refractivity contribution in [3.8, 4) is 5.75 Å². The number of halogens is 2. The van der Waals surface area contributed by atoms with E-state index in [1.807, 2.05) is 49.4 Å². The van der Waals surface area contributed by atoms with Crippen LogP contribution in [0, 0.1) is 0 Å². The Morgan fingerprint density at radius 3 is 2.71 bits per heavy atom. The molecule has 1 saturated heterocycles. The highest BCUT2D eigenvalue weighted by Gasteiger charge is 2.32. The van der Waals surface area contributed by atoms with Crippen LogP contribution < -0.4 is 4.74 Å². The van der Waals surface area contributed by atoms with Crippen molar-refractivity contribution < 1.29 is 19.4 Å². The molecule has 1 aliphatic rings. The quantitative estimate of drug-likeness (QED) is 0.309. The van der Waals surface area contributed by atoms with Gasteiger partial charge < -0.3 is 9.84 Å². The smallest absolute Gasteiger partial charge is 0.335 e. The molecule has 3 aromatic carbocycles. The lowest BCUT2D eigenvalue weighted by Crippen LogP contribution is -2.28. The van der Waals surface area contributed by atoms with Crippen molar-refractivity contribution in [3.05, 3.63) is 97.8 Å². The number of aliphatic imine (C=N–C) groups is 1. The van der Waals surface area contributed by atoms with Crippen molar-refractivity contribution in [1.82, 2.24) is 4.90 Å². The van der Waals surface area contributed by atoms with E-state index in [9.17, 15) is 14.7 Å². The first kappa shape index (κ1) is 25.0. The third-order valence-electron chi connectivity index (χ3n) is 5.12. The number of aromatic carboxylic acids is 1. The van der Waals surface area contributed by atoms with Crippen molar-refractivity contribution in [2.45, 2.75) is 13.5 Å². The first-order valence-electron chi connectivity index (χ1n) is 10.6. The summed E-state index contributed by atoms with van der Waals surface area (Å²) < 4.78 is 6.89. The molecule has 35 heavy (non-hydrogen) atoms. The second-order valence-electron chi connectivity index (χ2n) is 7.47. The van der Waals surface area contributed by atoms with E-state index < -0.39 is 5.97 Å². The van der Waals surface area contributed by atoms with Gasteiger partial charge in [-0.05, 0) is 67.2 Å². The first-order chi connectivity index (χ1) is 16.9. The van der Waals surface area contributed by atoms with Crippen LogP contribution in [0.5, 0.6) is 5.75 Å². The summed E-state index contributed by atoms with van der Waals surface area (Å²) in [5.74, 6) is -0.603. The molecule has 0 bridgehead atoms. The maximum absolute atomic E-state index is 13.1. The summed E-state index contributed by atoms with van der Waals surface area (Å²) in [4.78, 5) is 31.0. The zero-order valence-electron chi connectivity index (χ0n) is 18.6. The Morgan fingerprint density at radius 1 is 1.17 bits per heavy atom. The number of carboxylic acids is 1. The third kappa shape index (κ3) is 5.96. The number of thioether (sulfide) groups is 1. The molecular weight excluding hydrogens is 552 g/mol. The van der Waals surface area contributed by atoms with Gasteiger partial charge in [-0.2, -0.15) is 0 Å². The summed E-state index contributed by atoms with van der Waals surface area (Å²) in [6, 6.07) is 19.4. The number of nitrogens with zero attached hydrogens (tertiary/aromatic N) is 2. The Balaban J connectivity index is 1.63. The minimum Gasteiger partial charge on any atom is -0.488 e. The van der Waals surface area contributed by atoms with Gasteiger partial charge in [-0.3, -0.25) is 9.69 Å². The van der Waals surface area contributed by atoms with Gasteiger partial charge in [0.1, 0.15) is 12.4 Å². The SMILES string of the molecule is CCN1C(=O)/C(=C\c2cc(Br)ccc2OCc2ccccc2Cl)SC1=Nc1cccc(C(=O)O)c1. The molecule has 0 spiro atoms. The van der Waals surface area contributed by atoms with Gasteiger partial charge >= 0.3 is 5.97 Å². The number of benzene rings is 3. The van der Waals surface area contributed by atoms with Crippen molar-refractivity contribution in [2.24, 2.45) is 4.99 Å². The molecule has 4 rings (SSSR count). The first-order valence-corrected chi connectivity index (χ1v) is 12.6. The van der Waals surface area contributed by atoms with Crippen molar-refractivity contribution >= 4 is 68.1 Å². The standard InChI is InChI=1S/C26H20BrClN2O4S/c1-2-30-24(31)23(35-26(30)29-20-8-5-7-16(13-20)25(32)33)14-18-12-19(27)10-11-22(18)34-15-17-6-3-4-9-21(17)28/h3-14H,2,15H2,1H3,(H,32,33)/b23-14+,29-26?. The van der Waals surface area contributed by atoms with Crippen LogP contribution in [0.4, 0.5) is 5.69 Å². The van der Waals surface area contributed by atoms with Gasteiger partial charge in [-0.25, -0.2) is 9.79 Å². The molecule has 178 valence electrons. The highest BCUT2D eigenvalue weighted by atomic mass is 79.9. The minimum atomic E-state index is -1.03. The number of carbonyl (C=O) groups is 2. The van der Waals surface area contributed by atoms with Gasteiger partial charge in [0.2, 0.25) is 0 Å². The number of rotatable bonds is 7. The average Bonchev–Trinajstić information content (AvgIpc) is 3.13. The Morgan fingerprint density at radius 2 is 1.97 bits per heavy atom. The number of hydrogen-bond acceptors (Lipinski definition) is 5. The maximum atomic E-state index is 13.1. The molecule has 1 heterocycles. The van der Waals surface area contributed by atoms with Crippen molar-refractivity contribution in [2.75, 3.05) is 6.54 Å². The van der Waals surface area contributed by atoms with E-state index in [1.165, 1.54) is 23.9 Å². The van der Waals surface area contributed by atoms with E-state index in [2.05, 4.69) is 20.9 Å². The lowest BCUT2D eigenvalue weighted by Gasteiger charge is -2.12. The highest BCUT2D eigenvalue weighted by Crippen LogP contribution is 2.36. The van der Waals surface area contributed by atoms with E-state index >= 15 is 0 Å². The number of amidine groups is 1. The summed E-state index contributed by atoms with van der Waals surface area (Å²) in [5, 5.41) is 10.4. The van der Waals surface area contributed by atoms with Gasteiger partial charge in [0.25, 0.3) is 5.91 Å². The van der Waals surface area contributed by atoms with Crippen LogP contribution in [0.25, 0.3) is 6.08 Å². The van der Waals surface area contributed by atoms with Gasteiger partial charge in [0.15, 0.2) is 5.17 Å². The van der Waals surface area contributed by atoms with E-state index in [1.54, 1.807) is 23.1 Å². The summed E-state index contributed by atoms with van der Waals surface area (Å²) in [6.07, 6.45) is 1.78. The molecule has 0 unspecified atom stereocenters. The Bertz CT molecular complexity index is 1360. The number of carboxylic acid groups (broad SMARTS) is 1. The Labute approximate surface area is 220 Å². The van der Waals surface area contributed by atoms with Gasteiger partial charge in [0, 0.05) is 27.2 Å². The summed E-state index contributed by atoms with van der Waals surface area (Å²) in [7, 11) is 0. The summed E-state index contributed by atoms with van der Waals surface area (Å²) >= 11 is 11.0. The van der Waals surface area contributed by atoms with Crippen LogP contribution in [-0.2, 0) is 11.4 Å². The fourth-order valence-electron chi connectivity index (χ4n) is 3.36. The van der Waals surface area contributed by atoms with E-state index in [0.29, 0.717) is 33.1 Å². The number of carbonyl (C=O) groups excluding carboxylic acids is 1. The van der Waals surface area contributed by atoms with Gasteiger partial charge in [-0.15, -0.1) is 0 Å². The molecule has 0 saturated carbocycles.